The molecule has 0 rings (SSSR count). The molecule has 0 saturated carbocycles. The number of hydrogen-bond donors (Lipinski definition) is 2. The van der Waals surface area contributed by atoms with E-state index in [2.05, 4.69) is 6.92 Å². The summed E-state index contributed by atoms with van der Waals surface area (Å²) in [4.78, 5) is 1.62. The van der Waals surface area contributed by atoms with Crippen LogP contribution in [0.4, 0.5) is 0 Å². The fraction of sp³-hybridized carbons (Fsp3) is 0.875. The van der Waals surface area contributed by atoms with E-state index in [-0.39, 0.29) is 0 Å². The molecule has 0 aromatic carbocycles. The van der Waals surface area contributed by atoms with E-state index in [4.69, 9.17) is 10.2 Å². The van der Waals surface area contributed by atoms with E-state index in [1.165, 1.54) is 0 Å². The molecule has 3 nitrogen and oxygen atoms in total. The molecular formula is C8H18NO2. The maximum Gasteiger partial charge on any atom is 0.106 e. The average molecular weight is 160 g/mol. The summed E-state index contributed by atoms with van der Waals surface area (Å²) in [5.74, 6) is 0. The van der Waals surface area contributed by atoms with Crippen LogP contribution in [0.3, 0.4) is 0 Å². The number of rotatable bonds is 5. The number of unbranched alkanes of at least 4 members (excludes halogenated alkanes) is 1. The second-order valence-electron chi connectivity index (χ2n) is 2.71. The lowest BCUT2D eigenvalue weighted by atomic mass is 10.3. The van der Waals surface area contributed by atoms with Gasteiger partial charge in [0, 0.05) is 6.54 Å². The van der Waals surface area contributed by atoms with E-state index in [9.17, 15) is 0 Å². The van der Waals surface area contributed by atoms with Gasteiger partial charge in [-0.25, -0.2) is 0 Å². The first-order chi connectivity index (χ1) is 5.09. The largest absolute Gasteiger partial charge is 0.379 e. The van der Waals surface area contributed by atoms with Crippen LogP contribution in [0, 0.1) is 6.92 Å². The summed E-state index contributed by atoms with van der Waals surface area (Å²) in [5, 5.41) is 18.3. The Bertz CT molecular complexity index is 86.1. The lowest BCUT2D eigenvalue weighted by molar-refractivity contribution is -0.0841. The van der Waals surface area contributed by atoms with Crippen LogP contribution in [-0.2, 0) is 0 Å². The number of aliphatic hydroxyl groups is 2. The highest BCUT2D eigenvalue weighted by Gasteiger charge is 2.14. The van der Waals surface area contributed by atoms with Gasteiger partial charge in [0.05, 0.1) is 0 Å². The summed E-state index contributed by atoms with van der Waals surface area (Å²) in [6, 6.07) is 0. The van der Waals surface area contributed by atoms with Gasteiger partial charge in [-0.15, -0.1) is 0 Å². The van der Waals surface area contributed by atoms with Crippen LogP contribution in [0.1, 0.15) is 26.7 Å². The van der Waals surface area contributed by atoms with Crippen molar-refractivity contribution in [1.82, 2.24) is 4.90 Å². The van der Waals surface area contributed by atoms with Crippen molar-refractivity contribution in [1.29, 1.82) is 0 Å². The molecule has 0 heterocycles. The summed E-state index contributed by atoms with van der Waals surface area (Å²) < 4.78 is 0. The predicted molar refractivity (Wildman–Crippen MR) is 44.7 cm³/mol. The van der Waals surface area contributed by atoms with Gasteiger partial charge in [0.1, 0.15) is 12.5 Å². The van der Waals surface area contributed by atoms with E-state index in [0.717, 1.165) is 12.8 Å². The third kappa shape index (κ3) is 4.35. The molecule has 0 aliphatic carbocycles. The van der Waals surface area contributed by atoms with Crippen LogP contribution >= 0.6 is 0 Å². The molecular weight excluding hydrogens is 142 g/mol. The molecule has 2 atom stereocenters. The van der Waals surface area contributed by atoms with E-state index in [1.807, 2.05) is 0 Å². The van der Waals surface area contributed by atoms with Crippen LogP contribution in [0.25, 0.3) is 0 Å². The van der Waals surface area contributed by atoms with E-state index in [1.54, 1.807) is 18.7 Å². The maximum atomic E-state index is 9.15. The smallest absolute Gasteiger partial charge is 0.106 e. The summed E-state index contributed by atoms with van der Waals surface area (Å²) in [6.07, 6.45) is 0.564. The molecule has 3 heteroatoms. The zero-order valence-electron chi connectivity index (χ0n) is 7.32. The fourth-order valence-electron chi connectivity index (χ4n) is 0.980. The summed E-state index contributed by atoms with van der Waals surface area (Å²) in [6.45, 7) is 7.68. The molecule has 0 spiro atoms. The first-order valence-electron chi connectivity index (χ1n) is 4.00. The maximum absolute atomic E-state index is 9.15. The summed E-state index contributed by atoms with van der Waals surface area (Å²) in [7, 11) is 0. The van der Waals surface area contributed by atoms with Crippen molar-refractivity contribution in [2.45, 2.75) is 39.1 Å². The first kappa shape index (κ1) is 10.9. The Morgan fingerprint density at radius 3 is 2.00 bits per heavy atom. The van der Waals surface area contributed by atoms with E-state index in [0.29, 0.717) is 6.54 Å². The van der Waals surface area contributed by atoms with Gasteiger partial charge in [0.25, 0.3) is 0 Å². The highest BCUT2D eigenvalue weighted by Crippen LogP contribution is 2.02. The molecule has 2 unspecified atom stereocenters. The minimum atomic E-state index is -0.582. The fourth-order valence-corrected chi connectivity index (χ4v) is 0.980. The van der Waals surface area contributed by atoms with Crippen LogP contribution in [0.2, 0.25) is 0 Å². The second-order valence-corrected chi connectivity index (χ2v) is 2.71. The highest BCUT2D eigenvalue weighted by molar-refractivity contribution is 4.59. The molecule has 1 radical (unpaired) electrons. The topological polar surface area (TPSA) is 43.7 Å². The van der Waals surface area contributed by atoms with Gasteiger partial charge >= 0.3 is 0 Å². The predicted octanol–water partition coefficient (Wildman–Crippen LogP) is 0.579. The third-order valence-corrected chi connectivity index (χ3v) is 1.63. The molecule has 0 bridgehead atoms. The Balaban J connectivity index is 3.70. The molecule has 67 valence electrons. The summed E-state index contributed by atoms with van der Waals surface area (Å²) >= 11 is 0. The Hall–Kier alpha value is -0.120. The van der Waals surface area contributed by atoms with Gasteiger partial charge < -0.3 is 10.2 Å². The molecule has 0 aromatic rings. The van der Waals surface area contributed by atoms with E-state index >= 15 is 0 Å². The molecule has 11 heavy (non-hydrogen) atoms. The molecule has 0 saturated heterocycles. The Morgan fingerprint density at radius 1 is 1.27 bits per heavy atom. The summed E-state index contributed by atoms with van der Waals surface area (Å²) in [5.41, 5.74) is 0. The Kier molecular flexibility index (Phi) is 5.46. The van der Waals surface area contributed by atoms with Crippen LogP contribution in [-0.4, -0.2) is 34.1 Å². The standard InChI is InChI=1S/C8H18NO2/c1-4-5-6-9(7(2)10)8(3)11/h7-8,10-11H,1,4-6H2,2-3H3. The van der Waals surface area contributed by atoms with Gasteiger partial charge in [-0.05, 0) is 20.3 Å². The minimum absolute atomic E-state index is 0.582. The zero-order chi connectivity index (χ0) is 8.85. The molecule has 0 amide bonds. The monoisotopic (exact) mass is 160 g/mol. The van der Waals surface area contributed by atoms with Crippen molar-refractivity contribution in [2.24, 2.45) is 0 Å². The number of hydrogen-bond acceptors (Lipinski definition) is 3. The van der Waals surface area contributed by atoms with Crippen molar-refractivity contribution >= 4 is 0 Å². The zero-order valence-corrected chi connectivity index (χ0v) is 7.32. The third-order valence-electron chi connectivity index (χ3n) is 1.63. The van der Waals surface area contributed by atoms with Crippen molar-refractivity contribution in [3.8, 4) is 0 Å². The van der Waals surface area contributed by atoms with Gasteiger partial charge in [0.15, 0.2) is 0 Å². The molecule has 0 aromatic heterocycles. The van der Waals surface area contributed by atoms with Gasteiger partial charge in [0.2, 0.25) is 0 Å². The van der Waals surface area contributed by atoms with Crippen molar-refractivity contribution in [2.75, 3.05) is 6.54 Å². The molecule has 0 fully saturated rings. The Morgan fingerprint density at radius 2 is 1.73 bits per heavy atom. The SMILES string of the molecule is [CH2]CCCN(C(C)O)C(C)O. The normalized spacial score (nSPS) is 16.9. The van der Waals surface area contributed by atoms with Crippen LogP contribution in [0.15, 0.2) is 0 Å². The first-order valence-corrected chi connectivity index (χ1v) is 4.00. The lowest BCUT2D eigenvalue weighted by Crippen LogP contribution is -2.40. The van der Waals surface area contributed by atoms with Gasteiger partial charge in [-0.1, -0.05) is 13.3 Å². The number of nitrogens with zero attached hydrogens (tertiary/aromatic N) is 1. The molecule has 0 aliphatic heterocycles. The number of aliphatic hydroxyl groups excluding tert-OH is 2. The van der Waals surface area contributed by atoms with Crippen LogP contribution < -0.4 is 0 Å². The molecule has 0 aliphatic rings. The van der Waals surface area contributed by atoms with Crippen molar-refractivity contribution < 1.29 is 10.2 Å². The highest BCUT2D eigenvalue weighted by atomic mass is 16.3. The van der Waals surface area contributed by atoms with Crippen LogP contribution in [0.5, 0.6) is 0 Å². The quantitative estimate of drug-likeness (QED) is 0.578. The second kappa shape index (κ2) is 5.52. The Labute approximate surface area is 68.6 Å². The minimum Gasteiger partial charge on any atom is -0.379 e. The van der Waals surface area contributed by atoms with Gasteiger partial charge in [-0.2, -0.15) is 0 Å². The van der Waals surface area contributed by atoms with Crippen molar-refractivity contribution in [3.63, 3.8) is 0 Å². The van der Waals surface area contributed by atoms with Crippen molar-refractivity contribution in [3.05, 3.63) is 6.92 Å². The lowest BCUT2D eigenvalue weighted by Gasteiger charge is -2.27. The van der Waals surface area contributed by atoms with Gasteiger partial charge in [-0.3, -0.25) is 4.90 Å². The molecule has 2 N–H and O–H groups in total. The average Bonchev–Trinajstić information content (AvgIpc) is 1.87. The van der Waals surface area contributed by atoms with E-state index < -0.39 is 12.5 Å².